The van der Waals surface area contributed by atoms with E-state index >= 15 is 0 Å². The molecule has 2 fully saturated rings. The summed E-state index contributed by atoms with van der Waals surface area (Å²) in [5.74, 6) is 1.09. The number of anilines is 1. The van der Waals surface area contributed by atoms with E-state index in [1.807, 2.05) is 6.07 Å². The van der Waals surface area contributed by atoms with Gasteiger partial charge in [0, 0.05) is 37.0 Å². The Morgan fingerprint density at radius 1 is 0.974 bits per heavy atom. The lowest BCUT2D eigenvalue weighted by molar-refractivity contribution is -0.0309. The summed E-state index contributed by atoms with van der Waals surface area (Å²) in [6.45, 7) is 5.32. The third-order valence-corrected chi connectivity index (χ3v) is 8.13. The molecular formula is C31H42N2O6. The number of benzene rings is 2. The zero-order valence-electron chi connectivity index (χ0n) is 23.2. The first-order valence-corrected chi connectivity index (χ1v) is 14.4. The van der Waals surface area contributed by atoms with Crippen LogP contribution < -0.4 is 14.8 Å². The highest BCUT2D eigenvalue weighted by atomic mass is 16.5. The van der Waals surface area contributed by atoms with Gasteiger partial charge in [-0.05, 0) is 75.1 Å². The van der Waals surface area contributed by atoms with Crippen LogP contribution in [0.1, 0.15) is 88.4 Å². The van der Waals surface area contributed by atoms with Crippen LogP contribution in [0.3, 0.4) is 0 Å². The molecule has 2 aromatic carbocycles. The van der Waals surface area contributed by atoms with Gasteiger partial charge in [0.1, 0.15) is 17.2 Å². The maximum absolute atomic E-state index is 13.2. The molecule has 2 amide bonds. The van der Waals surface area contributed by atoms with Crippen LogP contribution in [0.4, 0.5) is 10.5 Å². The molecule has 0 radical (unpaired) electrons. The average molecular weight is 539 g/mol. The number of amides is 2. The summed E-state index contributed by atoms with van der Waals surface area (Å²) in [7, 11) is 0. The van der Waals surface area contributed by atoms with E-state index in [1.165, 1.54) is 18.6 Å². The van der Waals surface area contributed by atoms with Crippen LogP contribution in [0, 0.1) is 5.92 Å². The summed E-state index contributed by atoms with van der Waals surface area (Å²) in [6, 6.07) is 11.3. The number of urea groups is 1. The second-order valence-corrected chi connectivity index (χ2v) is 11.0. The van der Waals surface area contributed by atoms with Gasteiger partial charge in [-0.2, -0.15) is 0 Å². The fraction of sp³-hybridized carbons (Fsp3) is 0.548. The lowest BCUT2D eigenvalue weighted by Gasteiger charge is -2.39. The molecule has 2 aromatic rings. The SMILES string of the molecule is CCC(CC)CC1(O)CCN(C(=O)Nc2cc(Oc3ccc(C(=O)O)cc3)cc(OC3CCCCC3)c2)CC1. The van der Waals surface area contributed by atoms with Crippen molar-refractivity contribution in [1.29, 1.82) is 0 Å². The number of hydrogen-bond donors (Lipinski definition) is 3. The number of likely N-dealkylation sites (tertiary alicyclic amines) is 1. The molecule has 0 bridgehead atoms. The molecule has 0 unspecified atom stereocenters. The number of carboxylic acid groups (broad SMARTS) is 1. The fourth-order valence-corrected chi connectivity index (χ4v) is 5.60. The minimum atomic E-state index is -0.999. The van der Waals surface area contributed by atoms with Gasteiger partial charge in [-0.25, -0.2) is 9.59 Å². The van der Waals surface area contributed by atoms with Gasteiger partial charge in [0.15, 0.2) is 0 Å². The zero-order valence-corrected chi connectivity index (χ0v) is 23.2. The van der Waals surface area contributed by atoms with Crippen molar-refractivity contribution in [3.8, 4) is 17.2 Å². The summed E-state index contributed by atoms with van der Waals surface area (Å²) >= 11 is 0. The molecule has 8 nitrogen and oxygen atoms in total. The van der Waals surface area contributed by atoms with Gasteiger partial charge in [0.2, 0.25) is 0 Å². The highest BCUT2D eigenvalue weighted by Crippen LogP contribution is 2.34. The number of aliphatic hydroxyl groups is 1. The molecule has 8 heteroatoms. The number of piperidine rings is 1. The van der Waals surface area contributed by atoms with E-state index in [0.717, 1.165) is 44.9 Å². The summed E-state index contributed by atoms with van der Waals surface area (Å²) < 4.78 is 12.3. The summed E-state index contributed by atoms with van der Waals surface area (Å²) in [4.78, 5) is 26.1. The van der Waals surface area contributed by atoms with E-state index in [4.69, 9.17) is 14.6 Å². The monoisotopic (exact) mass is 538 g/mol. The maximum Gasteiger partial charge on any atom is 0.335 e. The van der Waals surface area contributed by atoms with E-state index in [-0.39, 0.29) is 17.7 Å². The molecule has 1 aliphatic heterocycles. The van der Waals surface area contributed by atoms with Gasteiger partial charge in [-0.3, -0.25) is 0 Å². The fourth-order valence-electron chi connectivity index (χ4n) is 5.60. The molecule has 0 aromatic heterocycles. The van der Waals surface area contributed by atoms with E-state index in [2.05, 4.69) is 19.2 Å². The number of carbonyl (C=O) groups excluding carboxylic acids is 1. The van der Waals surface area contributed by atoms with Crippen LogP contribution >= 0.6 is 0 Å². The number of carbonyl (C=O) groups is 2. The number of aromatic carboxylic acids is 1. The van der Waals surface area contributed by atoms with Crippen molar-refractivity contribution in [2.45, 2.75) is 89.8 Å². The number of hydrogen-bond acceptors (Lipinski definition) is 5. The lowest BCUT2D eigenvalue weighted by atomic mass is 9.81. The Bertz CT molecular complexity index is 1100. The molecular weight excluding hydrogens is 496 g/mol. The van der Waals surface area contributed by atoms with Crippen LogP contribution in [0.25, 0.3) is 0 Å². The second-order valence-electron chi connectivity index (χ2n) is 11.0. The molecule has 0 spiro atoms. The molecule has 1 heterocycles. The van der Waals surface area contributed by atoms with Gasteiger partial charge in [0.05, 0.1) is 17.3 Å². The van der Waals surface area contributed by atoms with E-state index in [0.29, 0.717) is 54.8 Å². The lowest BCUT2D eigenvalue weighted by Crippen LogP contribution is -2.48. The normalized spacial score (nSPS) is 17.6. The Kier molecular flexibility index (Phi) is 9.73. The van der Waals surface area contributed by atoms with Gasteiger partial charge >= 0.3 is 12.0 Å². The summed E-state index contributed by atoms with van der Waals surface area (Å²) in [5, 5.41) is 23.2. The van der Waals surface area contributed by atoms with Gasteiger partial charge < -0.3 is 29.9 Å². The van der Waals surface area contributed by atoms with Gasteiger partial charge in [0.25, 0.3) is 0 Å². The van der Waals surface area contributed by atoms with Crippen molar-refractivity contribution in [1.82, 2.24) is 4.90 Å². The van der Waals surface area contributed by atoms with Crippen molar-refractivity contribution >= 4 is 17.7 Å². The van der Waals surface area contributed by atoms with E-state index in [1.54, 1.807) is 29.2 Å². The smallest absolute Gasteiger partial charge is 0.335 e. The summed E-state index contributed by atoms with van der Waals surface area (Å²) in [5.41, 5.74) is 0.0275. The van der Waals surface area contributed by atoms with Crippen molar-refractivity contribution < 1.29 is 29.3 Å². The molecule has 39 heavy (non-hydrogen) atoms. The molecule has 0 atom stereocenters. The number of ether oxygens (including phenoxy) is 2. The molecule has 1 saturated heterocycles. The largest absolute Gasteiger partial charge is 0.490 e. The predicted octanol–water partition coefficient (Wildman–Crippen LogP) is 7.07. The topological polar surface area (TPSA) is 108 Å². The van der Waals surface area contributed by atoms with E-state index < -0.39 is 11.6 Å². The van der Waals surface area contributed by atoms with Crippen LogP contribution in [-0.4, -0.2) is 51.9 Å². The van der Waals surface area contributed by atoms with Gasteiger partial charge in [-0.15, -0.1) is 0 Å². The average Bonchev–Trinajstić information content (AvgIpc) is 2.93. The Morgan fingerprint density at radius 3 is 2.23 bits per heavy atom. The second kappa shape index (κ2) is 13.2. The first kappa shape index (κ1) is 28.7. The number of carboxylic acids is 1. The van der Waals surface area contributed by atoms with Crippen molar-refractivity contribution in [2.75, 3.05) is 18.4 Å². The third kappa shape index (κ3) is 8.12. The third-order valence-electron chi connectivity index (χ3n) is 8.13. The van der Waals surface area contributed by atoms with E-state index in [9.17, 15) is 14.7 Å². The van der Waals surface area contributed by atoms with Crippen LogP contribution in [0.2, 0.25) is 0 Å². The number of nitrogens with one attached hydrogen (secondary N) is 1. The van der Waals surface area contributed by atoms with Crippen molar-refractivity contribution in [2.24, 2.45) is 5.92 Å². The first-order chi connectivity index (χ1) is 18.8. The molecule has 3 N–H and O–H groups in total. The highest BCUT2D eigenvalue weighted by Gasteiger charge is 2.35. The summed E-state index contributed by atoms with van der Waals surface area (Å²) in [6.07, 6.45) is 9.65. The highest BCUT2D eigenvalue weighted by molar-refractivity contribution is 5.90. The Labute approximate surface area is 231 Å². The standard InChI is InChI=1S/C31H42N2O6/c1-3-22(4-2)21-31(37)14-16-33(17-15-31)30(36)32-24-18-27(38-25-8-6-5-7-9-25)20-28(19-24)39-26-12-10-23(11-13-26)29(34)35/h10-13,18-20,22,25,37H,3-9,14-17,21H2,1-2H3,(H,32,36)(H,34,35). The Balaban J connectivity index is 1.45. The quantitative estimate of drug-likeness (QED) is 0.298. The Morgan fingerprint density at radius 2 is 1.62 bits per heavy atom. The van der Waals surface area contributed by atoms with Crippen LogP contribution in [0.5, 0.6) is 17.2 Å². The minimum Gasteiger partial charge on any atom is -0.490 e. The molecule has 212 valence electrons. The van der Waals surface area contributed by atoms with Crippen LogP contribution in [0.15, 0.2) is 42.5 Å². The zero-order chi connectivity index (χ0) is 27.8. The Hall–Kier alpha value is -3.26. The predicted molar refractivity (Wildman–Crippen MR) is 151 cm³/mol. The number of rotatable bonds is 10. The van der Waals surface area contributed by atoms with Crippen LogP contribution in [-0.2, 0) is 0 Å². The molecule has 1 aliphatic carbocycles. The molecule has 4 rings (SSSR count). The minimum absolute atomic E-state index is 0.127. The van der Waals surface area contributed by atoms with Crippen molar-refractivity contribution in [3.05, 3.63) is 48.0 Å². The number of nitrogens with zero attached hydrogens (tertiary/aromatic N) is 1. The molecule has 1 saturated carbocycles. The first-order valence-electron chi connectivity index (χ1n) is 14.4. The van der Waals surface area contributed by atoms with Gasteiger partial charge in [-0.1, -0.05) is 33.1 Å². The molecule has 2 aliphatic rings. The maximum atomic E-state index is 13.2. The van der Waals surface area contributed by atoms with Crippen molar-refractivity contribution in [3.63, 3.8) is 0 Å².